The van der Waals surface area contributed by atoms with E-state index in [1.54, 1.807) is 24.3 Å². The van der Waals surface area contributed by atoms with Crippen molar-refractivity contribution in [2.45, 2.75) is 25.9 Å². The lowest BCUT2D eigenvalue weighted by atomic mass is 9.95. The Morgan fingerprint density at radius 3 is 2.19 bits per heavy atom. The summed E-state index contributed by atoms with van der Waals surface area (Å²) in [5, 5.41) is 1.79. The number of hydrazine groups is 1. The Labute approximate surface area is 245 Å². The number of nitrogens with one attached hydrogen (secondary N) is 1. The fraction of sp³-hybridized carbons (Fsp3) is 0.303. The Balaban J connectivity index is 1.59. The van der Waals surface area contributed by atoms with Crippen molar-refractivity contribution < 1.29 is 18.7 Å². The number of halogens is 1. The highest BCUT2D eigenvalue weighted by Crippen LogP contribution is 2.32. The maximum atomic E-state index is 14.3. The van der Waals surface area contributed by atoms with Crippen LogP contribution in [0.2, 0.25) is 0 Å². The van der Waals surface area contributed by atoms with Crippen molar-refractivity contribution >= 4 is 28.6 Å². The molecule has 1 fully saturated rings. The number of hydrogen-bond donors (Lipinski definition) is 1. The van der Waals surface area contributed by atoms with Gasteiger partial charge in [-0.25, -0.2) is 14.2 Å². The molecular weight excluding hydrogens is 533 g/mol. The molecule has 8 nitrogen and oxygen atoms in total. The predicted molar refractivity (Wildman–Crippen MR) is 163 cm³/mol. The molecule has 1 aromatic heterocycles. The highest BCUT2D eigenvalue weighted by molar-refractivity contribution is 6.10. The number of nitrogens with zero attached hydrogens (tertiary/aromatic N) is 4. The summed E-state index contributed by atoms with van der Waals surface area (Å²) in [6.45, 7) is 6.74. The van der Waals surface area contributed by atoms with Crippen LogP contribution in [0.25, 0.3) is 22.2 Å². The summed E-state index contributed by atoms with van der Waals surface area (Å²) in [5.74, 6) is -0.452. The third kappa shape index (κ3) is 6.12. The number of methoxy groups -OCH3 is 1. The average molecular weight is 570 g/mol. The van der Waals surface area contributed by atoms with Crippen molar-refractivity contribution in [3.8, 4) is 11.3 Å². The molecule has 0 aliphatic carbocycles. The molecule has 9 heteroatoms. The first-order chi connectivity index (χ1) is 20.3. The summed E-state index contributed by atoms with van der Waals surface area (Å²) in [7, 11) is 1.27. The Morgan fingerprint density at radius 1 is 0.929 bits per heavy atom. The third-order valence-corrected chi connectivity index (χ3v) is 7.79. The molecule has 0 spiro atoms. The van der Waals surface area contributed by atoms with Gasteiger partial charge in [0.1, 0.15) is 6.67 Å². The molecule has 218 valence electrons. The van der Waals surface area contributed by atoms with Crippen molar-refractivity contribution in [3.05, 3.63) is 96.1 Å². The number of alkyl halides is 1. The van der Waals surface area contributed by atoms with Gasteiger partial charge in [0.25, 0.3) is 5.91 Å². The van der Waals surface area contributed by atoms with Gasteiger partial charge in [-0.2, -0.15) is 5.01 Å². The second-order valence-electron chi connectivity index (χ2n) is 11.0. The summed E-state index contributed by atoms with van der Waals surface area (Å²) in [6.07, 6.45) is -0.718. The molecule has 1 N–H and O–H groups in total. The number of pyridine rings is 1. The number of piperazine rings is 1. The van der Waals surface area contributed by atoms with Gasteiger partial charge < -0.3 is 4.74 Å². The Morgan fingerprint density at radius 2 is 1.55 bits per heavy atom. The zero-order chi connectivity index (χ0) is 29.7. The van der Waals surface area contributed by atoms with Crippen LogP contribution < -0.4 is 10.4 Å². The van der Waals surface area contributed by atoms with E-state index < -0.39 is 24.2 Å². The molecule has 0 unspecified atom stereocenters. The van der Waals surface area contributed by atoms with E-state index in [0.29, 0.717) is 60.6 Å². The van der Waals surface area contributed by atoms with E-state index in [1.165, 1.54) is 7.11 Å². The van der Waals surface area contributed by atoms with Gasteiger partial charge in [0.05, 0.1) is 29.6 Å². The minimum atomic E-state index is -0.718. The zero-order valence-corrected chi connectivity index (χ0v) is 24.2. The van der Waals surface area contributed by atoms with Crippen LogP contribution in [0.15, 0.2) is 84.9 Å². The standard InChI is InChI=1S/C33H36FN5O3/c1-33(2,23-34)38-20-18-37(19-21-38)22-27-29(31(40)36-39(32(41)42-3)25-14-8-5-9-15-25)26-16-10-11-17-28(26)35-30(27)24-12-6-4-7-13-24/h4-17H,18-23H2,1-3H3,(H,36,40). The second kappa shape index (κ2) is 12.7. The van der Waals surface area contributed by atoms with Crippen LogP contribution in [0.3, 0.4) is 0 Å². The van der Waals surface area contributed by atoms with E-state index in [-0.39, 0.29) is 0 Å². The van der Waals surface area contributed by atoms with E-state index in [0.717, 1.165) is 16.1 Å². The Kier molecular flexibility index (Phi) is 8.80. The van der Waals surface area contributed by atoms with Crippen molar-refractivity contribution in [1.82, 2.24) is 20.2 Å². The van der Waals surface area contributed by atoms with Crippen LogP contribution in [0, 0.1) is 0 Å². The van der Waals surface area contributed by atoms with Gasteiger partial charge >= 0.3 is 6.09 Å². The quantitative estimate of drug-likeness (QED) is 0.289. The molecular formula is C33H36FN5O3. The lowest BCUT2D eigenvalue weighted by Gasteiger charge is -2.43. The normalized spacial score (nSPS) is 14.5. The molecule has 1 saturated heterocycles. The van der Waals surface area contributed by atoms with E-state index in [2.05, 4.69) is 15.2 Å². The first-order valence-corrected chi connectivity index (χ1v) is 14.1. The average Bonchev–Trinajstić information content (AvgIpc) is 3.03. The lowest BCUT2D eigenvalue weighted by molar-refractivity contribution is 0.0349. The van der Waals surface area contributed by atoms with Crippen molar-refractivity contribution in [3.63, 3.8) is 0 Å². The molecule has 2 amide bonds. The molecule has 5 rings (SSSR count). The fourth-order valence-corrected chi connectivity index (χ4v) is 5.36. The van der Waals surface area contributed by atoms with E-state index in [4.69, 9.17) is 9.72 Å². The molecule has 2 heterocycles. The molecule has 4 aromatic rings. The lowest BCUT2D eigenvalue weighted by Crippen LogP contribution is -2.55. The van der Waals surface area contributed by atoms with Crippen LogP contribution in [0.4, 0.5) is 14.9 Å². The number of amides is 2. The number of anilines is 1. The smallest absolute Gasteiger partial charge is 0.433 e. The van der Waals surface area contributed by atoms with Gasteiger partial charge in [0, 0.05) is 54.8 Å². The van der Waals surface area contributed by atoms with E-state index in [9.17, 15) is 14.0 Å². The van der Waals surface area contributed by atoms with Crippen molar-refractivity contribution in [2.75, 3.05) is 45.0 Å². The number of ether oxygens (including phenoxy) is 1. The van der Waals surface area contributed by atoms with Gasteiger partial charge in [-0.15, -0.1) is 0 Å². The fourth-order valence-electron chi connectivity index (χ4n) is 5.36. The topological polar surface area (TPSA) is 78.0 Å². The molecule has 0 saturated carbocycles. The summed E-state index contributed by atoms with van der Waals surface area (Å²) >= 11 is 0. The SMILES string of the molecule is COC(=O)N(NC(=O)c1c(CN2CCN(C(C)(C)CF)CC2)c(-c2ccccc2)nc2ccccc12)c1ccccc1. The highest BCUT2D eigenvalue weighted by atomic mass is 19.1. The number of hydrogen-bond acceptors (Lipinski definition) is 6. The van der Waals surface area contributed by atoms with Gasteiger partial charge in [-0.05, 0) is 32.0 Å². The monoisotopic (exact) mass is 569 g/mol. The molecule has 0 bridgehead atoms. The van der Waals surface area contributed by atoms with E-state index in [1.807, 2.05) is 74.5 Å². The minimum Gasteiger partial charge on any atom is -0.451 e. The van der Waals surface area contributed by atoms with E-state index >= 15 is 0 Å². The molecule has 0 radical (unpaired) electrons. The predicted octanol–water partition coefficient (Wildman–Crippen LogP) is 5.69. The minimum absolute atomic E-state index is 0.415. The number of carbonyl (C=O) groups is 2. The number of benzene rings is 3. The van der Waals surface area contributed by atoms with Gasteiger partial charge in [-0.3, -0.25) is 20.0 Å². The van der Waals surface area contributed by atoms with Gasteiger partial charge in [0.2, 0.25) is 0 Å². The van der Waals surface area contributed by atoms with Crippen LogP contribution in [-0.4, -0.2) is 72.3 Å². The summed E-state index contributed by atoms with van der Waals surface area (Å²) in [4.78, 5) is 36.6. The Bertz CT molecular complexity index is 1540. The first kappa shape index (κ1) is 29.2. The summed E-state index contributed by atoms with van der Waals surface area (Å²) < 4.78 is 18.7. The van der Waals surface area contributed by atoms with Crippen LogP contribution in [0.1, 0.15) is 29.8 Å². The maximum absolute atomic E-state index is 14.3. The molecule has 3 aromatic carbocycles. The number of para-hydroxylation sites is 2. The largest absolute Gasteiger partial charge is 0.451 e. The second-order valence-corrected chi connectivity index (χ2v) is 11.0. The van der Waals surface area contributed by atoms with Crippen LogP contribution in [-0.2, 0) is 11.3 Å². The number of carbonyl (C=O) groups excluding carboxylic acids is 2. The van der Waals surface area contributed by atoms with Crippen molar-refractivity contribution in [2.24, 2.45) is 0 Å². The highest BCUT2D eigenvalue weighted by Gasteiger charge is 2.32. The zero-order valence-electron chi connectivity index (χ0n) is 24.2. The summed E-state index contributed by atoms with van der Waals surface area (Å²) in [6, 6.07) is 26.2. The number of fused-ring (bicyclic) bond motifs is 1. The van der Waals surface area contributed by atoms with Gasteiger partial charge in [0.15, 0.2) is 0 Å². The molecule has 1 aliphatic heterocycles. The first-order valence-electron chi connectivity index (χ1n) is 14.1. The number of rotatable bonds is 7. The summed E-state index contributed by atoms with van der Waals surface area (Å²) in [5.41, 5.74) is 6.21. The van der Waals surface area contributed by atoms with Gasteiger partial charge in [-0.1, -0.05) is 66.7 Å². The third-order valence-electron chi connectivity index (χ3n) is 7.79. The molecule has 42 heavy (non-hydrogen) atoms. The maximum Gasteiger partial charge on any atom is 0.433 e. The molecule has 0 atom stereocenters. The van der Waals surface area contributed by atoms with Crippen LogP contribution in [0.5, 0.6) is 0 Å². The Hall–Kier alpha value is -4.34. The number of aromatic nitrogens is 1. The molecule has 1 aliphatic rings. The van der Waals surface area contributed by atoms with Crippen LogP contribution >= 0.6 is 0 Å². The van der Waals surface area contributed by atoms with Crippen molar-refractivity contribution in [1.29, 1.82) is 0 Å².